The highest BCUT2D eigenvalue weighted by molar-refractivity contribution is 7.99. The Bertz CT molecular complexity index is 687. The van der Waals surface area contributed by atoms with E-state index in [1.165, 1.54) is 24.6 Å². The van der Waals surface area contributed by atoms with Crippen molar-refractivity contribution in [1.29, 1.82) is 0 Å². The van der Waals surface area contributed by atoms with Crippen LogP contribution >= 0.6 is 11.8 Å². The SMILES string of the molecule is O=C(c1ccc(-n2ccnc2)cc1)N1CCC(N2CCSCC2)CC1. The van der Waals surface area contributed by atoms with Gasteiger partial charge in [0.15, 0.2) is 0 Å². The largest absolute Gasteiger partial charge is 0.339 e. The van der Waals surface area contributed by atoms with E-state index in [1.54, 1.807) is 12.5 Å². The number of hydrogen-bond acceptors (Lipinski definition) is 4. The number of imidazole rings is 1. The summed E-state index contributed by atoms with van der Waals surface area (Å²) in [4.78, 5) is 21.5. The zero-order chi connectivity index (χ0) is 17.1. The van der Waals surface area contributed by atoms with E-state index in [-0.39, 0.29) is 5.91 Å². The Morgan fingerprint density at radius 1 is 1.04 bits per heavy atom. The molecule has 0 unspecified atom stereocenters. The first-order chi connectivity index (χ1) is 12.3. The maximum Gasteiger partial charge on any atom is 0.253 e. The van der Waals surface area contributed by atoms with Crippen molar-refractivity contribution >= 4 is 17.7 Å². The normalized spacial score (nSPS) is 19.9. The average molecular weight is 356 g/mol. The monoisotopic (exact) mass is 356 g/mol. The Labute approximate surface area is 153 Å². The van der Waals surface area contributed by atoms with Crippen molar-refractivity contribution in [2.75, 3.05) is 37.7 Å². The van der Waals surface area contributed by atoms with Crippen molar-refractivity contribution in [2.24, 2.45) is 0 Å². The first-order valence-electron chi connectivity index (χ1n) is 9.01. The van der Waals surface area contributed by atoms with E-state index in [0.29, 0.717) is 6.04 Å². The molecule has 0 atom stereocenters. The van der Waals surface area contributed by atoms with Gasteiger partial charge >= 0.3 is 0 Å². The van der Waals surface area contributed by atoms with Gasteiger partial charge in [-0.25, -0.2) is 4.98 Å². The quantitative estimate of drug-likeness (QED) is 0.847. The summed E-state index contributed by atoms with van der Waals surface area (Å²) in [6.07, 6.45) is 7.62. The van der Waals surface area contributed by atoms with Crippen LogP contribution in [0.3, 0.4) is 0 Å². The molecule has 2 aliphatic rings. The summed E-state index contributed by atoms with van der Waals surface area (Å²) in [7, 11) is 0. The van der Waals surface area contributed by atoms with Crippen LogP contribution in [0.5, 0.6) is 0 Å². The molecule has 1 aromatic carbocycles. The molecular weight excluding hydrogens is 332 g/mol. The third kappa shape index (κ3) is 3.75. The summed E-state index contributed by atoms with van der Waals surface area (Å²) < 4.78 is 1.94. The number of carbonyl (C=O) groups excluding carboxylic acids is 1. The predicted molar refractivity (Wildman–Crippen MR) is 101 cm³/mol. The van der Waals surface area contributed by atoms with Gasteiger partial charge in [-0.2, -0.15) is 11.8 Å². The van der Waals surface area contributed by atoms with Gasteiger partial charge in [0, 0.05) is 67.4 Å². The summed E-state index contributed by atoms with van der Waals surface area (Å²) in [5.41, 5.74) is 1.80. The Morgan fingerprint density at radius 3 is 2.40 bits per heavy atom. The number of nitrogens with zero attached hydrogens (tertiary/aromatic N) is 4. The maximum absolute atomic E-state index is 12.8. The smallest absolute Gasteiger partial charge is 0.253 e. The number of benzene rings is 1. The second-order valence-electron chi connectivity index (χ2n) is 6.69. The highest BCUT2D eigenvalue weighted by atomic mass is 32.2. The number of piperidine rings is 1. The summed E-state index contributed by atoms with van der Waals surface area (Å²) in [6, 6.07) is 8.46. The molecule has 2 fully saturated rings. The molecule has 0 N–H and O–H groups in total. The Hall–Kier alpha value is -1.79. The molecule has 2 aliphatic heterocycles. The number of likely N-dealkylation sites (tertiary alicyclic amines) is 1. The van der Waals surface area contributed by atoms with Gasteiger partial charge in [0.25, 0.3) is 5.91 Å². The highest BCUT2D eigenvalue weighted by Crippen LogP contribution is 2.22. The third-order valence-corrected chi connectivity index (χ3v) is 6.17. The Morgan fingerprint density at radius 2 is 1.76 bits per heavy atom. The van der Waals surface area contributed by atoms with Crippen LogP contribution in [0.1, 0.15) is 23.2 Å². The molecule has 0 saturated carbocycles. The predicted octanol–water partition coefficient (Wildman–Crippen LogP) is 2.53. The van der Waals surface area contributed by atoms with Crippen LogP contribution in [0.2, 0.25) is 0 Å². The van der Waals surface area contributed by atoms with Crippen LogP contribution in [0.15, 0.2) is 43.0 Å². The molecule has 0 spiro atoms. The molecule has 0 bridgehead atoms. The summed E-state index contributed by atoms with van der Waals surface area (Å²) >= 11 is 2.05. The molecule has 5 nitrogen and oxygen atoms in total. The van der Waals surface area contributed by atoms with Gasteiger partial charge in [0.2, 0.25) is 0 Å². The van der Waals surface area contributed by atoms with E-state index >= 15 is 0 Å². The van der Waals surface area contributed by atoms with Crippen LogP contribution in [0.25, 0.3) is 5.69 Å². The first-order valence-corrected chi connectivity index (χ1v) is 10.2. The maximum atomic E-state index is 12.8. The van der Waals surface area contributed by atoms with Gasteiger partial charge in [-0.3, -0.25) is 9.69 Å². The van der Waals surface area contributed by atoms with E-state index in [1.807, 2.05) is 39.9 Å². The van der Waals surface area contributed by atoms with Crippen LogP contribution in [-0.4, -0.2) is 69.0 Å². The molecule has 6 heteroatoms. The molecule has 1 amide bonds. The minimum absolute atomic E-state index is 0.157. The number of carbonyl (C=O) groups is 1. The minimum atomic E-state index is 0.157. The van der Waals surface area contributed by atoms with Crippen molar-refractivity contribution in [3.8, 4) is 5.69 Å². The summed E-state index contributed by atoms with van der Waals surface area (Å²) in [6.45, 7) is 4.16. The standard InChI is InChI=1S/C19H24N4OS/c24-19(16-1-3-17(4-2-16)23-10-7-20-15-23)22-8-5-18(6-9-22)21-11-13-25-14-12-21/h1-4,7,10,15,18H,5-6,8-9,11-14H2. The lowest BCUT2D eigenvalue weighted by Gasteiger charge is -2.40. The van der Waals surface area contributed by atoms with Gasteiger partial charge in [0.1, 0.15) is 0 Å². The summed E-state index contributed by atoms with van der Waals surface area (Å²) in [5.74, 6) is 2.66. The van der Waals surface area contributed by atoms with Crippen molar-refractivity contribution in [3.63, 3.8) is 0 Å². The van der Waals surface area contributed by atoms with Gasteiger partial charge in [0.05, 0.1) is 6.33 Å². The number of hydrogen-bond donors (Lipinski definition) is 0. The second-order valence-corrected chi connectivity index (χ2v) is 7.91. The molecule has 0 aliphatic carbocycles. The Balaban J connectivity index is 1.35. The zero-order valence-corrected chi connectivity index (χ0v) is 15.2. The lowest BCUT2D eigenvalue weighted by atomic mass is 10.0. The lowest BCUT2D eigenvalue weighted by molar-refractivity contribution is 0.0631. The van der Waals surface area contributed by atoms with Crippen molar-refractivity contribution in [1.82, 2.24) is 19.4 Å². The van der Waals surface area contributed by atoms with Crippen molar-refractivity contribution < 1.29 is 4.79 Å². The first kappa shape index (κ1) is 16.7. The molecule has 2 aromatic rings. The molecule has 4 rings (SSSR count). The number of rotatable bonds is 3. The van der Waals surface area contributed by atoms with E-state index in [0.717, 1.165) is 37.2 Å². The lowest BCUT2D eigenvalue weighted by Crippen LogP contribution is -2.49. The topological polar surface area (TPSA) is 41.4 Å². The average Bonchev–Trinajstić information content (AvgIpc) is 3.23. The zero-order valence-electron chi connectivity index (χ0n) is 14.4. The summed E-state index contributed by atoms with van der Waals surface area (Å²) in [5, 5.41) is 0. The van der Waals surface area contributed by atoms with Gasteiger partial charge in [-0.05, 0) is 37.1 Å². The van der Waals surface area contributed by atoms with Crippen LogP contribution in [0, 0.1) is 0 Å². The van der Waals surface area contributed by atoms with Gasteiger partial charge in [-0.15, -0.1) is 0 Å². The minimum Gasteiger partial charge on any atom is -0.339 e. The third-order valence-electron chi connectivity index (χ3n) is 5.23. The molecule has 3 heterocycles. The number of aromatic nitrogens is 2. The highest BCUT2D eigenvalue weighted by Gasteiger charge is 2.28. The van der Waals surface area contributed by atoms with E-state index in [9.17, 15) is 4.79 Å². The van der Waals surface area contributed by atoms with Crippen LogP contribution < -0.4 is 0 Å². The fraction of sp³-hybridized carbons (Fsp3) is 0.474. The van der Waals surface area contributed by atoms with Crippen molar-refractivity contribution in [2.45, 2.75) is 18.9 Å². The molecule has 1 aromatic heterocycles. The second kappa shape index (κ2) is 7.62. The molecule has 0 radical (unpaired) electrons. The van der Waals surface area contributed by atoms with Gasteiger partial charge < -0.3 is 9.47 Å². The van der Waals surface area contributed by atoms with E-state index < -0.39 is 0 Å². The fourth-order valence-corrected chi connectivity index (χ4v) is 4.68. The van der Waals surface area contributed by atoms with Gasteiger partial charge in [-0.1, -0.05) is 0 Å². The number of thioether (sulfide) groups is 1. The molecular formula is C19H24N4OS. The van der Waals surface area contributed by atoms with Crippen LogP contribution in [-0.2, 0) is 0 Å². The van der Waals surface area contributed by atoms with E-state index in [2.05, 4.69) is 21.6 Å². The van der Waals surface area contributed by atoms with E-state index in [4.69, 9.17) is 0 Å². The Kier molecular flexibility index (Phi) is 5.08. The molecule has 132 valence electrons. The molecule has 2 saturated heterocycles. The van der Waals surface area contributed by atoms with Crippen molar-refractivity contribution in [3.05, 3.63) is 48.5 Å². The van der Waals surface area contributed by atoms with Crippen LogP contribution in [0.4, 0.5) is 0 Å². The number of amides is 1. The fourth-order valence-electron chi connectivity index (χ4n) is 3.75. The molecule has 25 heavy (non-hydrogen) atoms.